The third kappa shape index (κ3) is 4.71. The highest BCUT2D eigenvalue weighted by molar-refractivity contribution is 7.89. The summed E-state index contributed by atoms with van der Waals surface area (Å²) in [7, 11) is -1.64. The minimum absolute atomic E-state index is 0.286. The van der Waals surface area contributed by atoms with Crippen LogP contribution in [0.2, 0.25) is 0 Å². The van der Waals surface area contributed by atoms with Crippen LogP contribution in [0.1, 0.15) is 25.3 Å². The molecule has 7 heteroatoms. The van der Waals surface area contributed by atoms with Crippen LogP contribution >= 0.6 is 0 Å². The van der Waals surface area contributed by atoms with Crippen LogP contribution in [-0.4, -0.2) is 34.0 Å². The third-order valence-corrected chi connectivity index (χ3v) is 4.73. The molecule has 21 heavy (non-hydrogen) atoms. The van der Waals surface area contributed by atoms with Crippen LogP contribution < -0.4 is 15.4 Å². The Labute approximate surface area is 126 Å². The molecule has 0 amide bonds. The molecule has 0 radical (unpaired) electrons. The van der Waals surface area contributed by atoms with Crippen molar-refractivity contribution in [3.8, 4) is 0 Å². The van der Waals surface area contributed by atoms with E-state index in [4.69, 9.17) is 0 Å². The Bertz CT molecular complexity index is 592. The molecule has 6 nitrogen and oxygen atoms in total. The number of benzene rings is 1. The number of rotatable bonds is 6. The molecular formula is C14H22N4O2S. The molecule has 0 saturated heterocycles. The molecule has 1 aromatic carbocycles. The van der Waals surface area contributed by atoms with Gasteiger partial charge in [0.15, 0.2) is 5.96 Å². The van der Waals surface area contributed by atoms with Crippen molar-refractivity contribution in [2.24, 2.45) is 4.99 Å². The number of hydrogen-bond acceptors (Lipinski definition) is 3. The van der Waals surface area contributed by atoms with E-state index >= 15 is 0 Å². The van der Waals surface area contributed by atoms with E-state index in [1.165, 1.54) is 12.8 Å². The lowest BCUT2D eigenvalue weighted by Gasteiger charge is -2.11. The first-order valence-electron chi connectivity index (χ1n) is 7.11. The summed E-state index contributed by atoms with van der Waals surface area (Å²) in [4.78, 5) is 4.44. The molecule has 0 spiro atoms. The van der Waals surface area contributed by atoms with Crippen molar-refractivity contribution in [2.45, 2.75) is 37.2 Å². The van der Waals surface area contributed by atoms with E-state index < -0.39 is 10.0 Å². The maximum absolute atomic E-state index is 11.8. The first kappa shape index (κ1) is 15.8. The van der Waals surface area contributed by atoms with Crippen LogP contribution in [-0.2, 0) is 16.6 Å². The lowest BCUT2D eigenvalue weighted by Crippen LogP contribution is -2.38. The summed E-state index contributed by atoms with van der Waals surface area (Å²) in [5, 5.41) is 6.51. The van der Waals surface area contributed by atoms with Gasteiger partial charge in [-0.15, -0.1) is 0 Å². The average molecular weight is 310 g/mol. The summed E-state index contributed by atoms with van der Waals surface area (Å²) in [6, 6.07) is 7.39. The van der Waals surface area contributed by atoms with Gasteiger partial charge in [0.05, 0.1) is 4.90 Å². The molecule has 0 heterocycles. The van der Waals surface area contributed by atoms with Gasteiger partial charge < -0.3 is 10.6 Å². The maximum atomic E-state index is 11.8. The topological polar surface area (TPSA) is 82.6 Å². The van der Waals surface area contributed by atoms with E-state index in [2.05, 4.69) is 20.3 Å². The predicted octanol–water partition coefficient (Wildman–Crippen LogP) is 0.812. The standard InChI is InChI=1S/C14H22N4O2S/c1-3-17-21(19,20)13-8-4-11(5-9-13)10-16-14(15-2)18-12-6-7-12/h4-5,8-9,12,17H,3,6-7,10H2,1-2H3,(H2,15,16,18). The lowest BCUT2D eigenvalue weighted by atomic mass is 10.2. The molecule has 2 rings (SSSR count). The Balaban J connectivity index is 1.92. The molecule has 1 aliphatic carbocycles. The molecule has 1 aliphatic rings. The summed E-state index contributed by atoms with van der Waals surface area (Å²) in [5.41, 5.74) is 1.00. The SMILES string of the molecule is CCNS(=O)(=O)c1ccc(CNC(=NC)NC2CC2)cc1. The Morgan fingerprint density at radius 1 is 1.29 bits per heavy atom. The van der Waals surface area contributed by atoms with Crippen LogP contribution in [0.5, 0.6) is 0 Å². The molecule has 3 N–H and O–H groups in total. The Hall–Kier alpha value is -1.60. The van der Waals surface area contributed by atoms with Crippen LogP contribution in [0.25, 0.3) is 0 Å². The zero-order valence-corrected chi connectivity index (χ0v) is 13.2. The van der Waals surface area contributed by atoms with Crippen LogP contribution in [0, 0.1) is 0 Å². The van der Waals surface area contributed by atoms with E-state index in [0.29, 0.717) is 19.1 Å². The van der Waals surface area contributed by atoms with E-state index in [-0.39, 0.29) is 4.90 Å². The number of sulfonamides is 1. The number of nitrogens with one attached hydrogen (secondary N) is 3. The Morgan fingerprint density at radius 2 is 1.95 bits per heavy atom. The molecule has 0 aromatic heterocycles. The number of hydrogen-bond donors (Lipinski definition) is 3. The van der Waals surface area contributed by atoms with Crippen LogP contribution in [0.15, 0.2) is 34.2 Å². The highest BCUT2D eigenvalue weighted by Gasteiger charge is 2.22. The summed E-state index contributed by atoms with van der Waals surface area (Å²) in [5.74, 6) is 0.779. The molecule has 0 unspecified atom stereocenters. The first-order chi connectivity index (χ1) is 10.0. The predicted molar refractivity (Wildman–Crippen MR) is 83.7 cm³/mol. The second-order valence-corrected chi connectivity index (χ2v) is 6.76. The fourth-order valence-corrected chi connectivity index (χ4v) is 2.90. The molecule has 1 saturated carbocycles. The monoisotopic (exact) mass is 310 g/mol. The molecule has 0 atom stereocenters. The molecule has 0 aliphatic heterocycles. The minimum Gasteiger partial charge on any atom is -0.354 e. The van der Waals surface area contributed by atoms with Gasteiger partial charge in [-0.3, -0.25) is 4.99 Å². The molecule has 1 aromatic rings. The number of guanidine groups is 1. The van der Waals surface area contributed by atoms with Crippen molar-refractivity contribution < 1.29 is 8.42 Å². The van der Waals surface area contributed by atoms with E-state index in [1.54, 1.807) is 26.1 Å². The van der Waals surface area contributed by atoms with Crippen LogP contribution in [0.3, 0.4) is 0 Å². The third-order valence-electron chi connectivity index (χ3n) is 3.17. The van der Waals surface area contributed by atoms with Gasteiger partial charge in [-0.25, -0.2) is 13.1 Å². The Morgan fingerprint density at radius 3 is 2.48 bits per heavy atom. The van der Waals surface area contributed by atoms with Crippen molar-refractivity contribution >= 4 is 16.0 Å². The number of nitrogens with zero attached hydrogens (tertiary/aromatic N) is 1. The second kappa shape index (κ2) is 6.91. The Kier molecular flexibility index (Phi) is 5.19. The van der Waals surface area contributed by atoms with Gasteiger partial charge in [0.25, 0.3) is 0 Å². The number of aliphatic imine (C=N–C) groups is 1. The van der Waals surface area contributed by atoms with Crippen molar-refractivity contribution in [3.63, 3.8) is 0 Å². The van der Waals surface area contributed by atoms with Crippen molar-refractivity contribution in [3.05, 3.63) is 29.8 Å². The van der Waals surface area contributed by atoms with Gasteiger partial charge in [0, 0.05) is 26.2 Å². The van der Waals surface area contributed by atoms with Gasteiger partial charge in [0.2, 0.25) is 10.0 Å². The summed E-state index contributed by atoms with van der Waals surface area (Å²) < 4.78 is 26.1. The lowest BCUT2D eigenvalue weighted by molar-refractivity contribution is 0.584. The van der Waals surface area contributed by atoms with Crippen LogP contribution in [0.4, 0.5) is 0 Å². The van der Waals surface area contributed by atoms with Crippen molar-refractivity contribution in [1.82, 2.24) is 15.4 Å². The molecular weight excluding hydrogens is 288 g/mol. The summed E-state index contributed by atoms with van der Waals surface area (Å²) >= 11 is 0. The smallest absolute Gasteiger partial charge is 0.240 e. The van der Waals surface area contributed by atoms with Gasteiger partial charge in [0.1, 0.15) is 0 Å². The summed E-state index contributed by atoms with van der Waals surface area (Å²) in [6.45, 7) is 2.75. The normalized spacial score (nSPS) is 15.8. The highest BCUT2D eigenvalue weighted by Crippen LogP contribution is 2.18. The molecule has 1 fully saturated rings. The quantitative estimate of drug-likeness (QED) is 0.536. The van der Waals surface area contributed by atoms with Gasteiger partial charge in [-0.05, 0) is 30.5 Å². The zero-order valence-electron chi connectivity index (χ0n) is 12.4. The van der Waals surface area contributed by atoms with Gasteiger partial charge in [-0.1, -0.05) is 19.1 Å². The average Bonchev–Trinajstić information content (AvgIpc) is 3.28. The summed E-state index contributed by atoms with van der Waals surface area (Å²) in [6.07, 6.45) is 2.38. The van der Waals surface area contributed by atoms with Crippen molar-refractivity contribution in [2.75, 3.05) is 13.6 Å². The molecule has 0 bridgehead atoms. The fraction of sp³-hybridized carbons (Fsp3) is 0.500. The van der Waals surface area contributed by atoms with Crippen molar-refractivity contribution in [1.29, 1.82) is 0 Å². The van der Waals surface area contributed by atoms with Gasteiger partial charge >= 0.3 is 0 Å². The second-order valence-electron chi connectivity index (χ2n) is 4.99. The highest BCUT2D eigenvalue weighted by atomic mass is 32.2. The largest absolute Gasteiger partial charge is 0.354 e. The van der Waals surface area contributed by atoms with E-state index in [1.807, 2.05) is 12.1 Å². The minimum atomic E-state index is -3.38. The zero-order chi connectivity index (χ0) is 15.3. The first-order valence-corrected chi connectivity index (χ1v) is 8.59. The molecule has 116 valence electrons. The van der Waals surface area contributed by atoms with E-state index in [0.717, 1.165) is 11.5 Å². The van der Waals surface area contributed by atoms with E-state index in [9.17, 15) is 8.42 Å². The maximum Gasteiger partial charge on any atom is 0.240 e. The van der Waals surface area contributed by atoms with Gasteiger partial charge in [-0.2, -0.15) is 0 Å². The fourth-order valence-electron chi connectivity index (χ4n) is 1.86.